The molecule has 3 aromatic carbocycles. The molecule has 0 spiro atoms. The minimum Gasteiger partial charge on any atom is -0.489 e. The number of nitrogens with one attached hydrogen (secondary N) is 1. The molecule has 1 N–H and O–H groups in total. The summed E-state index contributed by atoms with van der Waals surface area (Å²) in [7, 11) is 0. The Morgan fingerprint density at radius 3 is 2.53 bits per heavy atom. The van der Waals surface area contributed by atoms with Gasteiger partial charge in [0.25, 0.3) is 0 Å². The predicted molar refractivity (Wildman–Crippen MR) is 136 cm³/mol. The fourth-order valence-corrected chi connectivity index (χ4v) is 4.20. The van der Waals surface area contributed by atoms with Gasteiger partial charge in [0, 0.05) is 11.1 Å². The van der Waals surface area contributed by atoms with E-state index >= 15 is 0 Å². The highest BCUT2D eigenvalue weighted by atomic mass is 32.1. The van der Waals surface area contributed by atoms with Crippen LogP contribution in [0, 0.1) is 13.8 Å². The van der Waals surface area contributed by atoms with E-state index in [-0.39, 0.29) is 0 Å². The van der Waals surface area contributed by atoms with Gasteiger partial charge in [-0.1, -0.05) is 78.6 Å². The predicted octanol–water partition coefficient (Wildman–Crippen LogP) is 7.10. The second-order valence-electron chi connectivity index (χ2n) is 7.37. The van der Waals surface area contributed by atoms with Crippen molar-refractivity contribution in [2.45, 2.75) is 13.8 Å². The summed E-state index contributed by atoms with van der Waals surface area (Å²) in [6, 6.07) is 24.6. The van der Waals surface area contributed by atoms with E-state index in [4.69, 9.17) is 9.72 Å². The van der Waals surface area contributed by atoms with Crippen LogP contribution in [0.2, 0.25) is 0 Å². The summed E-state index contributed by atoms with van der Waals surface area (Å²) < 4.78 is 5.70. The summed E-state index contributed by atoms with van der Waals surface area (Å²) in [6.45, 7) is 8.40. The van der Waals surface area contributed by atoms with Crippen LogP contribution in [-0.4, -0.2) is 17.8 Å². The lowest BCUT2D eigenvalue weighted by Gasteiger charge is -2.06. The SMILES string of the molecule is C=CCOc1ccccc1/C=N\Nc1nc(-c2ccc(C)c(C)c2)c(-c2ccccc2)s1. The Morgan fingerprint density at radius 2 is 1.75 bits per heavy atom. The minimum absolute atomic E-state index is 0.449. The first-order chi connectivity index (χ1) is 15.7. The van der Waals surface area contributed by atoms with Gasteiger partial charge < -0.3 is 4.74 Å². The molecule has 0 aliphatic rings. The first kappa shape index (κ1) is 21.5. The van der Waals surface area contributed by atoms with E-state index in [2.05, 4.69) is 61.3 Å². The van der Waals surface area contributed by atoms with Crippen molar-refractivity contribution in [1.29, 1.82) is 0 Å². The number of hydrogen-bond donors (Lipinski definition) is 1. The number of hydrazone groups is 1. The highest BCUT2D eigenvalue weighted by Gasteiger charge is 2.15. The Kier molecular flexibility index (Phi) is 6.78. The van der Waals surface area contributed by atoms with Crippen LogP contribution in [0.5, 0.6) is 5.75 Å². The first-order valence-electron chi connectivity index (χ1n) is 10.4. The molecule has 5 heteroatoms. The molecular weight excluding hydrogens is 414 g/mol. The molecule has 1 aromatic heterocycles. The lowest BCUT2D eigenvalue weighted by atomic mass is 10.0. The molecule has 4 nitrogen and oxygen atoms in total. The molecule has 32 heavy (non-hydrogen) atoms. The molecule has 4 rings (SSSR count). The van der Waals surface area contributed by atoms with Gasteiger partial charge in [-0.3, -0.25) is 5.43 Å². The number of benzene rings is 3. The molecule has 0 bridgehead atoms. The number of rotatable bonds is 8. The second-order valence-corrected chi connectivity index (χ2v) is 8.37. The zero-order valence-electron chi connectivity index (χ0n) is 18.2. The maximum absolute atomic E-state index is 5.70. The fourth-order valence-electron chi connectivity index (χ4n) is 3.26. The molecule has 0 saturated heterocycles. The Morgan fingerprint density at radius 1 is 0.969 bits per heavy atom. The van der Waals surface area contributed by atoms with Crippen molar-refractivity contribution in [2.75, 3.05) is 12.0 Å². The average Bonchev–Trinajstić information content (AvgIpc) is 3.25. The van der Waals surface area contributed by atoms with Crippen LogP contribution in [0.15, 0.2) is 90.6 Å². The van der Waals surface area contributed by atoms with E-state index in [0.717, 1.165) is 38.1 Å². The van der Waals surface area contributed by atoms with Crippen molar-refractivity contribution in [3.63, 3.8) is 0 Å². The zero-order valence-corrected chi connectivity index (χ0v) is 19.0. The molecule has 0 saturated carbocycles. The van der Waals surface area contributed by atoms with Crippen LogP contribution in [0.3, 0.4) is 0 Å². The van der Waals surface area contributed by atoms with Crippen molar-refractivity contribution in [1.82, 2.24) is 4.98 Å². The highest BCUT2D eigenvalue weighted by molar-refractivity contribution is 7.19. The molecular formula is C27H25N3OS. The number of anilines is 1. The molecule has 0 unspecified atom stereocenters. The third-order valence-corrected chi connectivity index (χ3v) is 6.09. The lowest BCUT2D eigenvalue weighted by Crippen LogP contribution is -1.97. The van der Waals surface area contributed by atoms with Crippen LogP contribution in [0.1, 0.15) is 16.7 Å². The van der Waals surface area contributed by atoms with Gasteiger partial charge in [0.2, 0.25) is 5.13 Å². The maximum atomic E-state index is 5.70. The van der Waals surface area contributed by atoms with E-state index in [1.165, 1.54) is 11.1 Å². The van der Waals surface area contributed by atoms with Gasteiger partial charge in [-0.05, 0) is 48.7 Å². The summed E-state index contributed by atoms with van der Waals surface area (Å²) in [5.41, 5.74) is 9.70. The molecule has 0 aliphatic heterocycles. The number of aromatic nitrogens is 1. The Bertz CT molecular complexity index is 1250. The van der Waals surface area contributed by atoms with Crippen molar-refractivity contribution in [2.24, 2.45) is 5.10 Å². The summed E-state index contributed by atoms with van der Waals surface area (Å²) >= 11 is 1.59. The van der Waals surface area contributed by atoms with Crippen LogP contribution in [0.25, 0.3) is 21.7 Å². The van der Waals surface area contributed by atoms with Gasteiger partial charge in [0.15, 0.2) is 0 Å². The van der Waals surface area contributed by atoms with Crippen LogP contribution in [-0.2, 0) is 0 Å². The molecule has 0 fully saturated rings. The van der Waals surface area contributed by atoms with E-state index in [9.17, 15) is 0 Å². The number of ether oxygens (including phenoxy) is 1. The Labute approximate surface area is 192 Å². The topological polar surface area (TPSA) is 46.5 Å². The highest BCUT2D eigenvalue weighted by Crippen LogP contribution is 2.39. The number of nitrogens with zero attached hydrogens (tertiary/aromatic N) is 2. The van der Waals surface area contributed by atoms with Crippen LogP contribution in [0.4, 0.5) is 5.13 Å². The monoisotopic (exact) mass is 439 g/mol. The summed E-state index contributed by atoms with van der Waals surface area (Å²) in [4.78, 5) is 5.99. The average molecular weight is 440 g/mol. The van der Waals surface area contributed by atoms with Gasteiger partial charge in [-0.25, -0.2) is 4.98 Å². The maximum Gasteiger partial charge on any atom is 0.204 e. The Hall–Kier alpha value is -3.70. The van der Waals surface area contributed by atoms with E-state index < -0.39 is 0 Å². The van der Waals surface area contributed by atoms with Crippen LogP contribution < -0.4 is 10.2 Å². The van der Waals surface area contributed by atoms with Gasteiger partial charge in [0.05, 0.1) is 16.8 Å². The van der Waals surface area contributed by atoms with Crippen molar-refractivity contribution in [3.05, 3.63) is 102 Å². The number of thiazole rings is 1. The lowest BCUT2D eigenvalue weighted by molar-refractivity contribution is 0.363. The number of aryl methyl sites for hydroxylation is 2. The van der Waals surface area contributed by atoms with Gasteiger partial charge >= 0.3 is 0 Å². The third-order valence-electron chi connectivity index (χ3n) is 5.08. The third kappa shape index (κ3) is 4.95. The minimum atomic E-state index is 0.449. The van der Waals surface area contributed by atoms with Crippen molar-refractivity contribution >= 4 is 22.7 Å². The number of hydrogen-bond acceptors (Lipinski definition) is 5. The van der Waals surface area contributed by atoms with E-state index in [1.807, 2.05) is 42.5 Å². The van der Waals surface area contributed by atoms with Gasteiger partial charge in [0.1, 0.15) is 12.4 Å². The molecule has 160 valence electrons. The molecule has 0 aliphatic carbocycles. The van der Waals surface area contributed by atoms with E-state index in [1.54, 1.807) is 23.6 Å². The molecule has 4 aromatic rings. The van der Waals surface area contributed by atoms with Crippen molar-refractivity contribution < 1.29 is 4.74 Å². The molecule has 0 amide bonds. The van der Waals surface area contributed by atoms with Crippen LogP contribution >= 0.6 is 11.3 Å². The normalized spacial score (nSPS) is 10.9. The van der Waals surface area contributed by atoms with Gasteiger partial charge in [-0.2, -0.15) is 5.10 Å². The fraction of sp³-hybridized carbons (Fsp3) is 0.111. The van der Waals surface area contributed by atoms with E-state index in [0.29, 0.717) is 6.61 Å². The zero-order chi connectivity index (χ0) is 22.3. The molecule has 1 heterocycles. The summed E-state index contributed by atoms with van der Waals surface area (Å²) in [5, 5.41) is 5.16. The van der Waals surface area contributed by atoms with Gasteiger partial charge in [-0.15, -0.1) is 0 Å². The summed E-state index contributed by atoms with van der Waals surface area (Å²) in [5.74, 6) is 0.762. The van der Waals surface area contributed by atoms with Crippen molar-refractivity contribution in [3.8, 4) is 27.4 Å². The quantitative estimate of drug-likeness (QED) is 0.181. The molecule has 0 atom stereocenters. The second kappa shape index (κ2) is 10.1. The summed E-state index contributed by atoms with van der Waals surface area (Å²) in [6.07, 6.45) is 3.47. The largest absolute Gasteiger partial charge is 0.489 e. The smallest absolute Gasteiger partial charge is 0.204 e. The first-order valence-corrected chi connectivity index (χ1v) is 11.2. The number of para-hydroxylation sites is 1. The standard InChI is InChI=1S/C27H25N3OS/c1-4-16-31-24-13-9-8-12-23(24)18-28-30-27-29-25(22-15-14-19(2)20(3)17-22)26(32-27)21-10-6-5-7-11-21/h4-15,17-18H,1,16H2,2-3H3,(H,29,30)/b28-18-. The Balaban J connectivity index is 1.64. The molecule has 0 radical (unpaired) electrons.